The maximum Gasteiger partial charge on any atom is 0.260 e. The number of aromatic nitrogens is 4. The minimum atomic E-state index is 0.0335. The molecule has 0 unspecified atom stereocenters. The van der Waals surface area contributed by atoms with Crippen molar-refractivity contribution in [3.8, 4) is 11.5 Å². The summed E-state index contributed by atoms with van der Waals surface area (Å²) in [4.78, 5) is 19.6. The third-order valence-corrected chi connectivity index (χ3v) is 5.88. The van der Waals surface area contributed by atoms with Crippen molar-refractivity contribution in [2.75, 3.05) is 4.90 Å². The fourth-order valence-electron chi connectivity index (χ4n) is 4.00. The van der Waals surface area contributed by atoms with Crippen molar-refractivity contribution < 1.29 is 4.79 Å². The molecule has 3 aromatic rings. The Hall–Kier alpha value is -3.02. The Morgan fingerprint density at radius 1 is 1.14 bits per heavy atom. The van der Waals surface area contributed by atoms with Crippen molar-refractivity contribution >= 4 is 11.7 Å². The number of hydrogen-bond acceptors (Lipinski definition) is 4. The zero-order valence-corrected chi connectivity index (χ0v) is 16.2. The summed E-state index contributed by atoms with van der Waals surface area (Å²) in [5.74, 6) is 2.03. The molecule has 0 saturated heterocycles. The lowest BCUT2D eigenvalue weighted by Gasteiger charge is -2.26. The SMILES string of the molecule is CC(C)n1cnnc1-c1cccc(N2Cc3ccc(C4CCC4)cc3C2=O)n1. The van der Waals surface area contributed by atoms with Crippen LogP contribution in [0.4, 0.5) is 5.82 Å². The molecule has 1 saturated carbocycles. The van der Waals surface area contributed by atoms with Crippen molar-refractivity contribution in [1.29, 1.82) is 0 Å². The molecule has 1 amide bonds. The molecule has 0 radical (unpaired) electrons. The number of rotatable bonds is 4. The van der Waals surface area contributed by atoms with Crippen LogP contribution in [0.2, 0.25) is 0 Å². The van der Waals surface area contributed by atoms with E-state index >= 15 is 0 Å². The summed E-state index contributed by atoms with van der Waals surface area (Å²) in [7, 11) is 0. The fraction of sp³-hybridized carbons (Fsp3) is 0.364. The Bertz CT molecular complexity index is 1050. The van der Waals surface area contributed by atoms with Gasteiger partial charge >= 0.3 is 0 Å². The van der Waals surface area contributed by atoms with E-state index in [9.17, 15) is 4.79 Å². The first-order valence-electron chi connectivity index (χ1n) is 9.93. The highest BCUT2D eigenvalue weighted by Gasteiger charge is 2.31. The second-order valence-electron chi connectivity index (χ2n) is 7.97. The number of hydrogen-bond donors (Lipinski definition) is 0. The number of carbonyl (C=O) groups is 1. The van der Waals surface area contributed by atoms with Crippen LogP contribution in [0.25, 0.3) is 11.5 Å². The summed E-state index contributed by atoms with van der Waals surface area (Å²) in [6, 6.07) is 12.4. The van der Waals surface area contributed by atoms with Gasteiger partial charge in [-0.2, -0.15) is 0 Å². The molecule has 1 fully saturated rings. The van der Waals surface area contributed by atoms with Gasteiger partial charge in [0, 0.05) is 11.6 Å². The van der Waals surface area contributed by atoms with Gasteiger partial charge in [0.2, 0.25) is 0 Å². The molecule has 1 aliphatic heterocycles. The third kappa shape index (κ3) is 2.71. The first kappa shape index (κ1) is 17.1. The van der Waals surface area contributed by atoms with Crippen LogP contribution in [-0.2, 0) is 6.54 Å². The van der Waals surface area contributed by atoms with Crippen LogP contribution in [0.3, 0.4) is 0 Å². The van der Waals surface area contributed by atoms with Gasteiger partial charge in [0.1, 0.15) is 17.8 Å². The van der Waals surface area contributed by atoms with Gasteiger partial charge in [0.25, 0.3) is 5.91 Å². The van der Waals surface area contributed by atoms with Gasteiger partial charge < -0.3 is 4.57 Å². The van der Waals surface area contributed by atoms with E-state index in [1.54, 1.807) is 11.2 Å². The number of nitrogens with zero attached hydrogens (tertiary/aromatic N) is 5. The van der Waals surface area contributed by atoms with Crippen LogP contribution in [0, 0.1) is 0 Å². The Kier molecular flexibility index (Phi) is 4.00. The first-order chi connectivity index (χ1) is 13.6. The monoisotopic (exact) mass is 373 g/mol. The molecule has 5 rings (SSSR count). The molecule has 142 valence electrons. The molecule has 2 aromatic heterocycles. The lowest BCUT2D eigenvalue weighted by Crippen LogP contribution is -2.24. The number of fused-ring (bicyclic) bond motifs is 1. The minimum absolute atomic E-state index is 0.0335. The van der Waals surface area contributed by atoms with Crippen molar-refractivity contribution in [2.24, 2.45) is 0 Å². The largest absolute Gasteiger partial charge is 0.310 e. The van der Waals surface area contributed by atoms with E-state index in [1.165, 1.54) is 24.8 Å². The molecule has 6 nitrogen and oxygen atoms in total. The highest BCUT2D eigenvalue weighted by Crippen LogP contribution is 2.38. The van der Waals surface area contributed by atoms with Crippen LogP contribution in [0.15, 0.2) is 42.7 Å². The highest BCUT2D eigenvalue weighted by molar-refractivity contribution is 6.09. The van der Waals surface area contributed by atoms with E-state index in [0.29, 0.717) is 24.1 Å². The summed E-state index contributed by atoms with van der Waals surface area (Å²) in [6.07, 6.45) is 5.47. The molecule has 28 heavy (non-hydrogen) atoms. The third-order valence-electron chi connectivity index (χ3n) is 5.88. The number of carbonyl (C=O) groups excluding carboxylic acids is 1. The van der Waals surface area contributed by atoms with E-state index in [-0.39, 0.29) is 11.9 Å². The number of anilines is 1. The van der Waals surface area contributed by atoms with E-state index in [2.05, 4.69) is 42.2 Å². The molecule has 0 N–H and O–H groups in total. The van der Waals surface area contributed by atoms with Crippen molar-refractivity contribution in [2.45, 2.75) is 51.6 Å². The van der Waals surface area contributed by atoms with Crippen LogP contribution < -0.4 is 4.90 Å². The quantitative estimate of drug-likeness (QED) is 0.682. The zero-order valence-electron chi connectivity index (χ0n) is 16.2. The Morgan fingerprint density at radius 2 is 2.00 bits per heavy atom. The van der Waals surface area contributed by atoms with Gasteiger partial charge in [-0.15, -0.1) is 10.2 Å². The summed E-state index contributed by atoms with van der Waals surface area (Å²) in [5.41, 5.74) is 3.92. The molecule has 3 heterocycles. The lowest BCUT2D eigenvalue weighted by molar-refractivity contribution is 0.0996. The minimum Gasteiger partial charge on any atom is -0.310 e. The second-order valence-corrected chi connectivity index (χ2v) is 7.97. The zero-order chi connectivity index (χ0) is 19.3. The number of pyridine rings is 1. The summed E-state index contributed by atoms with van der Waals surface area (Å²) >= 11 is 0. The molecule has 1 aromatic carbocycles. The van der Waals surface area contributed by atoms with Crippen molar-refractivity contribution in [1.82, 2.24) is 19.7 Å². The Labute approximate surface area is 164 Å². The van der Waals surface area contributed by atoms with Gasteiger partial charge in [0.15, 0.2) is 5.82 Å². The van der Waals surface area contributed by atoms with Crippen molar-refractivity contribution in [3.63, 3.8) is 0 Å². The predicted molar refractivity (Wildman–Crippen MR) is 107 cm³/mol. The van der Waals surface area contributed by atoms with Crippen molar-refractivity contribution in [3.05, 3.63) is 59.4 Å². The van der Waals surface area contributed by atoms with Gasteiger partial charge in [-0.3, -0.25) is 9.69 Å². The summed E-state index contributed by atoms with van der Waals surface area (Å²) in [5, 5.41) is 8.25. The summed E-state index contributed by atoms with van der Waals surface area (Å²) in [6.45, 7) is 4.72. The lowest BCUT2D eigenvalue weighted by atomic mass is 9.79. The Morgan fingerprint density at radius 3 is 2.75 bits per heavy atom. The first-order valence-corrected chi connectivity index (χ1v) is 9.93. The smallest absolute Gasteiger partial charge is 0.260 e. The van der Waals surface area contributed by atoms with Gasteiger partial charge in [-0.1, -0.05) is 24.6 Å². The number of benzene rings is 1. The van der Waals surface area contributed by atoms with E-state index in [4.69, 9.17) is 4.98 Å². The van der Waals surface area contributed by atoms with Gasteiger partial charge in [-0.25, -0.2) is 4.98 Å². The molecular formula is C22H23N5O. The fourth-order valence-corrected chi connectivity index (χ4v) is 4.00. The number of amides is 1. The van der Waals surface area contributed by atoms with E-state index < -0.39 is 0 Å². The topological polar surface area (TPSA) is 63.9 Å². The maximum absolute atomic E-state index is 13.1. The predicted octanol–water partition coefficient (Wildman–Crippen LogP) is 4.35. The molecule has 0 spiro atoms. The van der Waals surface area contributed by atoms with Crippen LogP contribution in [0.5, 0.6) is 0 Å². The molecular weight excluding hydrogens is 350 g/mol. The Balaban J connectivity index is 1.47. The van der Waals surface area contributed by atoms with Gasteiger partial charge in [0.05, 0.1) is 6.54 Å². The van der Waals surface area contributed by atoms with Gasteiger partial charge in [-0.05, 0) is 61.9 Å². The maximum atomic E-state index is 13.1. The normalized spacial score (nSPS) is 16.5. The van der Waals surface area contributed by atoms with E-state index in [1.807, 2.05) is 22.8 Å². The molecule has 0 bridgehead atoms. The molecule has 6 heteroatoms. The molecule has 0 atom stereocenters. The average molecular weight is 373 g/mol. The summed E-state index contributed by atoms with van der Waals surface area (Å²) < 4.78 is 1.98. The molecule has 1 aliphatic carbocycles. The van der Waals surface area contributed by atoms with Crippen LogP contribution >= 0.6 is 0 Å². The standard InChI is InChI=1S/C22H23N5O/c1-14(2)27-13-23-25-21(27)19-7-4-8-20(24-19)26-12-17-10-9-16(15-5-3-6-15)11-18(17)22(26)28/h4,7-11,13-15H,3,5-6,12H2,1-2H3. The van der Waals surface area contributed by atoms with E-state index in [0.717, 1.165) is 16.8 Å². The molecule has 2 aliphatic rings. The van der Waals surface area contributed by atoms with Crippen LogP contribution in [0.1, 0.15) is 66.6 Å². The highest BCUT2D eigenvalue weighted by atomic mass is 16.2. The van der Waals surface area contributed by atoms with Crippen LogP contribution in [-0.4, -0.2) is 25.7 Å². The average Bonchev–Trinajstić information content (AvgIpc) is 3.26. The second kappa shape index (κ2) is 6.55.